The number of benzene rings is 1. The topological polar surface area (TPSA) is 46.1 Å². The standard InChI is InChI=1S/C6H6.Cu.HO2P/c1-2-4-6-5-3-1;;1-3-2/h1-6H;;3H/q;+2;-2. The molecular formula is C6H7CuO2P. The van der Waals surface area contributed by atoms with Crippen LogP contribution in [-0.2, 0) is 17.1 Å². The Morgan fingerprint density at radius 3 is 0.900 bits per heavy atom. The van der Waals surface area contributed by atoms with Crippen LogP contribution < -0.4 is 9.79 Å². The van der Waals surface area contributed by atoms with Gasteiger partial charge in [0, 0.05) is 0 Å². The van der Waals surface area contributed by atoms with Gasteiger partial charge in [0.05, 0.1) is 0 Å². The van der Waals surface area contributed by atoms with Gasteiger partial charge in [0.2, 0.25) is 0 Å². The van der Waals surface area contributed by atoms with Gasteiger partial charge in [-0.3, -0.25) is 0 Å². The molecule has 0 fully saturated rings. The molecule has 0 aliphatic heterocycles. The Morgan fingerprint density at radius 1 is 0.700 bits per heavy atom. The first kappa shape index (κ1) is 12.7. The van der Waals surface area contributed by atoms with E-state index in [-0.39, 0.29) is 17.1 Å². The Balaban J connectivity index is 0. The molecular weight excluding hydrogens is 199 g/mol. The summed E-state index contributed by atoms with van der Waals surface area (Å²) in [5, 5.41) is 0. The molecule has 0 saturated heterocycles. The van der Waals surface area contributed by atoms with Crippen molar-refractivity contribution < 1.29 is 26.9 Å². The van der Waals surface area contributed by atoms with Crippen molar-refractivity contribution in [2.45, 2.75) is 0 Å². The minimum absolute atomic E-state index is 0. The van der Waals surface area contributed by atoms with E-state index in [2.05, 4.69) is 0 Å². The van der Waals surface area contributed by atoms with Gasteiger partial charge in [0.15, 0.2) is 0 Å². The molecule has 0 unspecified atom stereocenters. The SMILES string of the molecule is [Cu+2].[O-]P[O-].c1ccccc1. The molecule has 2 nitrogen and oxygen atoms in total. The Kier molecular flexibility index (Phi) is 15.1. The van der Waals surface area contributed by atoms with Gasteiger partial charge in [0.25, 0.3) is 0 Å². The Hall–Kier alpha value is 0.0895. The zero-order chi connectivity index (χ0) is 6.95. The van der Waals surface area contributed by atoms with Crippen LogP contribution in [0.3, 0.4) is 0 Å². The summed E-state index contributed by atoms with van der Waals surface area (Å²) in [4.78, 5) is 16.8. The molecule has 0 bridgehead atoms. The smallest absolute Gasteiger partial charge is 0.844 e. The molecule has 0 saturated carbocycles. The normalized spacial score (nSPS) is 6.60. The molecule has 0 aromatic heterocycles. The van der Waals surface area contributed by atoms with Crippen molar-refractivity contribution in [2.24, 2.45) is 0 Å². The third kappa shape index (κ3) is 11.0. The van der Waals surface area contributed by atoms with E-state index in [1.54, 1.807) is 0 Å². The Bertz CT molecular complexity index is 98.6. The maximum absolute atomic E-state index is 8.40. The van der Waals surface area contributed by atoms with E-state index in [9.17, 15) is 0 Å². The first-order valence-corrected chi connectivity index (χ1v) is 3.22. The molecule has 0 spiro atoms. The Labute approximate surface area is 72.7 Å². The molecule has 1 rings (SSSR count). The Morgan fingerprint density at radius 2 is 0.800 bits per heavy atom. The average Bonchev–Trinajstić information content (AvgIpc) is 1.93. The van der Waals surface area contributed by atoms with E-state index in [4.69, 9.17) is 9.79 Å². The summed E-state index contributed by atoms with van der Waals surface area (Å²) >= 11 is 0. The number of hydrogen-bond acceptors (Lipinski definition) is 2. The quantitative estimate of drug-likeness (QED) is 0.439. The van der Waals surface area contributed by atoms with Crippen LogP contribution >= 0.6 is 9.03 Å². The predicted molar refractivity (Wildman–Crippen MR) is 34.8 cm³/mol. The molecule has 0 N–H and O–H groups in total. The monoisotopic (exact) mass is 205 g/mol. The van der Waals surface area contributed by atoms with E-state index in [1.165, 1.54) is 0 Å². The van der Waals surface area contributed by atoms with Gasteiger partial charge < -0.3 is 18.8 Å². The van der Waals surface area contributed by atoms with E-state index in [1.807, 2.05) is 36.4 Å². The third-order valence-electron chi connectivity index (χ3n) is 0.667. The van der Waals surface area contributed by atoms with Gasteiger partial charge >= 0.3 is 17.1 Å². The van der Waals surface area contributed by atoms with Crippen molar-refractivity contribution >= 4 is 9.03 Å². The van der Waals surface area contributed by atoms with Crippen LogP contribution in [0.25, 0.3) is 0 Å². The number of hydrogen-bond donors (Lipinski definition) is 0. The van der Waals surface area contributed by atoms with Crippen LogP contribution in [0, 0.1) is 0 Å². The zero-order valence-corrected chi connectivity index (χ0v) is 7.02. The van der Waals surface area contributed by atoms with E-state index < -0.39 is 9.03 Å². The molecule has 59 valence electrons. The van der Waals surface area contributed by atoms with Crippen molar-refractivity contribution in [3.05, 3.63) is 36.4 Å². The molecule has 0 aliphatic carbocycles. The van der Waals surface area contributed by atoms with Crippen molar-refractivity contribution in [2.75, 3.05) is 0 Å². The van der Waals surface area contributed by atoms with Crippen molar-refractivity contribution in [1.82, 2.24) is 0 Å². The molecule has 1 aromatic rings. The minimum atomic E-state index is -1.42. The first-order chi connectivity index (χ1) is 4.41. The van der Waals surface area contributed by atoms with Crippen molar-refractivity contribution in [3.8, 4) is 0 Å². The van der Waals surface area contributed by atoms with Crippen molar-refractivity contribution in [1.29, 1.82) is 0 Å². The van der Waals surface area contributed by atoms with Crippen LogP contribution in [0.2, 0.25) is 0 Å². The third-order valence-corrected chi connectivity index (χ3v) is 0.667. The van der Waals surface area contributed by atoms with Gasteiger partial charge in [-0.2, -0.15) is 0 Å². The predicted octanol–water partition coefficient (Wildman–Crippen LogP) is -0.100. The molecule has 0 heterocycles. The molecule has 4 heteroatoms. The summed E-state index contributed by atoms with van der Waals surface area (Å²) in [7, 11) is -1.42. The van der Waals surface area contributed by atoms with Crippen molar-refractivity contribution in [3.63, 3.8) is 0 Å². The molecule has 1 radical (unpaired) electrons. The summed E-state index contributed by atoms with van der Waals surface area (Å²) in [6.07, 6.45) is 0. The second kappa shape index (κ2) is 11.8. The molecule has 10 heavy (non-hydrogen) atoms. The van der Waals surface area contributed by atoms with Crippen LogP contribution in [-0.4, -0.2) is 0 Å². The fourth-order valence-electron chi connectivity index (χ4n) is 0.385. The van der Waals surface area contributed by atoms with Crippen LogP contribution in [0.5, 0.6) is 0 Å². The summed E-state index contributed by atoms with van der Waals surface area (Å²) in [6.45, 7) is 0. The minimum Gasteiger partial charge on any atom is -0.844 e. The van der Waals surface area contributed by atoms with Gasteiger partial charge in [-0.05, 0) is 0 Å². The second-order valence-electron chi connectivity index (χ2n) is 1.24. The summed E-state index contributed by atoms with van der Waals surface area (Å²) in [5.41, 5.74) is 0. The van der Waals surface area contributed by atoms with E-state index in [0.29, 0.717) is 0 Å². The van der Waals surface area contributed by atoms with Gasteiger partial charge in [0.1, 0.15) is 0 Å². The molecule has 0 amide bonds. The van der Waals surface area contributed by atoms with Crippen LogP contribution in [0.15, 0.2) is 36.4 Å². The average molecular weight is 206 g/mol. The van der Waals surface area contributed by atoms with Gasteiger partial charge in [-0.15, -0.1) is 0 Å². The summed E-state index contributed by atoms with van der Waals surface area (Å²) < 4.78 is 0. The van der Waals surface area contributed by atoms with E-state index in [0.717, 1.165) is 0 Å². The van der Waals surface area contributed by atoms with Crippen LogP contribution in [0.4, 0.5) is 0 Å². The molecule has 1 aromatic carbocycles. The van der Waals surface area contributed by atoms with E-state index >= 15 is 0 Å². The van der Waals surface area contributed by atoms with Gasteiger partial charge in [-0.25, -0.2) is 0 Å². The zero-order valence-electron chi connectivity index (χ0n) is 5.08. The summed E-state index contributed by atoms with van der Waals surface area (Å²) in [5.74, 6) is 0. The maximum Gasteiger partial charge on any atom is 2.00 e. The van der Waals surface area contributed by atoms with Gasteiger partial charge in [-0.1, -0.05) is 36.4 Å². The second-order valence-corrected chi connectivity index (χ2v) is 1.40. The molecule has 0 aliphatic rings. The maximum atomic E-state index is 8.40. The largest absolute Gasteiger partial charge is 2.00 e. The fraction of sp³-hybridized carbons (Fsp3) is 0. The number of rotatable bonds is 0. The van der Waals surface area contributed by atoms with Crippen LogP contribution in [0.1, 0.15) is 0 Å². The fourth-order valence-corrected chi connectivity index (χ4v) is 0.385. The first-order valence-electron chi connectivity index (χ1n) is 2.41. The summed E-state index contributed by atoms with van der Waals surface area (Å²) in [6, 6.07) is 12.0. The molecule has 0 atom stereocenters.